The smallest absolute Gasteiger partial charge is 0.122 e. The quantitative estimate of drug-likeness (QED) is 0.868. The Morgan fingerprint density at radius 3 is 2.58 bits per heavy atom. The van der Waals surface area contributed by atoms with E-state index in [1.165, 1.54) is 77.5 Å². The molecule has 1 atom stereocenters. The second kappa shape index (κ2) is 7.59. The molecule has 2 N–H and O–H groups in total. The zero-order valence-electron chi connectivity index (χ0n) is 14.9. The fraction of sp³-hybridized carbons (Fsp3) is 0.800. The zero-order valence-corrected chi connectivity index (χ0v) is 14.9. The fourth-order valence-electron chi connectivity index (χ4n) is 5.11. The molecule has 3 heterocycles. The van der Waals surface area contributed by atoms with Gasteiger partial charge in [0, 0.05) is 12.6 Å². The SMILES string of the molecule is c1coc([C@@H](CNC2CCC3(CCNCC3)CC2)N2CCCC2)c1. The predicted octanol–water partition coefficient (Wildman–Crippen LogP) is 3.32. The first-order chi connectivity index (χ1) is 11.8. The second-order valence-electron chi connectivity index (χ2n) is 8.21. The Balaban J connectivity index is 1.30. The van der Waals surface area contributed by atoms with Crippen molar-refractivity contribution in [2.75, 3.05) is 32.7 Å². The summed E-state index contributed by atoms with van der Waals surface area (Å²) in [4.78, 5) is 2.60. The Kier molecular flexibility index (Phi) is 5.25. The van der Waals surface area contributed by atoms with Crippen molar-refractivity contribution >= 4 is 0 Å². The highest BCUT2D eigenvalue weighted by molar-refractivity contribution is 5.06. The lowest BCUT2D eigenvalue weighted by molar-refractivity contribution is 0.111. The largest absolute Gasteiger partial charge is 0.468 e. The molecule has 4 rings (SSSR count). The maximum atomic E-state index is 5.75. The van der Waals surface area contributed by atoms with Crippen molar-refractivity contribution in [3.8, 4) is 0 Å². The van der Waals surface area contributed by atoms with E-state index in [1.54, 1.807) is 0 Å². The van der Waals surface area contributed by atoms with Gasteiger partial charge in [0.05, 0.1) is 12.3 Å². The Morgan fingerprint density at radius 1 is 1.17 bits per heavy atom. The minimum absolute atomic E-state index is 0.414. The molecule has 2 saturated heterocycles. The van der Waals surface area contributed by atoms with Gasteiger partial charge in [0.2, 0.25) is 0 Å². The summed E-state index contributed by atoms with van der Waals surface area (Å²) in [5.41, 5.74) is 0.665. The van der Waals surface area contributed by atoms with Crippen LogP contribution in [0, 0.1) is 5.41 Å². The van der Waals surface area contributed by atoms with E-state index < -0.39 is 0 Å². The average Bonchev–Trinajstić information content (AvgIpc) is 3.32. The van der Waals surface area contributed by atoms with Gasteiger partial charge in [-0.15, -0.1) is 0 Å². The van der Waals surface area contributed by atoms with Crippen LogP contribution in [0.4, 0.5) is 0 Å². The molecule has 0 unspecified atom stereocenters. The van der Waals surface area contributed by atoms with Gasteiger partial charge in [-0.05, 0) is 95.1 Å². The zero-order chi connectivity index (χ0) is 16.2. The van der Waals surface area contributed by atoms with E-state index in [9.17, 15) is 0 Å². The van der Waals surface area contributed by atoms with E-state index in [0.29, 0.717) is 17.5 Å². The van der Waals surface area contributed by atoms with Crippen LogP contribution in [0.3, 0.4) is 0 Å². The third kappa shape index (κ3) is 3.71. The molecule has 4 nitrogen and oxygen atoms in total. The Labute approximate surface area is 146 Å². The number of nitrogens with one attached hydrogen (secondary N) is 2. The molecular weight excluding hydrogens is 298 g/mol. The highest BCUT2D eigenvalue weighted by Crippen LogP contribution is 2.43. The van der Waals surface area contributed by atoms with Gasteiger partial charge in [-0.3, -0.25) is 4.90 Å². The number of hydrogen-bond donors (Lipinski definition) is 2. The van der Waals surface area contributed by atoms with Crippen LogP contribution in [0.1, 0.15) is 63.2 Å². The lowest BCUT2D eigenvalue weighted by Gasteiger charge is -2.43. The van der Waals surface area contributed by atoms with E-state index in [-0.39, 0.29) is 0 Å². The molecule has 3 aliphatic rings. The number of hydrogen-bond acceptors (Lipinski definition) is 4. The van der Waals surface area contributed by atoms with Crippen molar-refractivity contribution in [2.45, 2.75) is 63.5 Å². The predicted molar refractivity (Wildman–Crippen MR) is 97.1 cm³/mol. The Hall–Kier alpha value is -0.840. The van der Waals surface area contributed by atoms with Crippen molar-refractivity contribution in [1.29, 1.82) is 0 Å². The molecule has 24 heavy (non-hydrogen) atoms. The number of piperidine rings is 1. The van der Waals surface area contributed by atoms with Gasteiger partial charge >= 0.3 is 0 Å². The highest BCUT2D eigenvalue weighted by atomic mass is 16.3. The molecule has 1 aliphatic carbocycles. The molecule has 2 aliphatic heterocycles. The van der Waals surface area contributed by atoms with E-state index >= 15 is 0 Å². The lowest BCUT2D eigenvalue weighted by Crippen LogP contribution is -2.45. The highest BCUT2D eigenvalue weighted by Gasteiger charge is 2.36. The van der Waals surface area contributed by atoms with Gasteiger partial charge in [-0.25, -0.2) is 0 Å². The topological polar surface area (TPSA) is 40.4 Å². The number of furan rings is 1. The summed E-state index contributed by atoms with van der Waals surface area (Å²) in [6.07, 6.45) is 12.8. The van der Waals surface area contributed by atoms with Crippen LogP contribution >= 0.6 is 0 Å². The maximum absolute atomic E-state index is 5.75. The van der Waals surface area contributed by atoms with Gasteiger partial charge in [0.15, 0.2) is 0 Å². The molecular formula is C20H33N3O. The average molecular weight is 332 g/mol. The molecule has 1 saturated carbocycles. The van der Waals surface area contributed by atoms with Crippen LogP contribution in [-0.2, 0) is 0 Å². The van der Waals surface area contributed by atoms with Crippen molar-refractivity contribution in [3.63, 3.8) is 0 Å². The third-order valence-corrected chi connectivity index (χ3v) is 6.76. The van der Waals surface area contributed by atoms with Crippen LogP contribution in [-0.4, -0.2) is 43.7 Å². The van der Waals surface area contributed by atoms with Crippen LogP contribution in [0.15, 0.2) is 22.8 Å². The standard InChI is InChI=1S/C20H33N3O/c1-2-14-23(13-1)18(19-4-3-15-24-19)16-22-17-5-7-20(8-6-17)9-11-21-12-10-20/h3-4,15,17-18,21-22H,1-2,5-14,16H2/t18-/m1/s1. The number of nitrogens with zero attached hydrogens (tertiary/aromatic N) is 1. The Morgan fingerprint density at radius 2 is 1.92 bits per heavy atom. The molecule has 0 aromatic carbocycles. The third-order valence-electron chi connectivity index (χ3n) is 6.76. The van der Waals surface area contributed by atoms with Crippen molar-refractivity contribution in [1.82, 2.24) is 15.5 Å². The van der Waals surface area contributed by atoms with Crippen LogP contribution in [0.2, 0.25) is 0 Å². The molecule has 1 spiro atoms. The summed E-state index contributed by atoms with van der Waals surface area (Å²) < 4.78 is 5.75. The van der Waals surface area contributed by atoms with Gasteiger partial charge in [-0.2, -0.15) is 0 Å². The monoisotopic (exact) mass is 331 g/mol. The minimum Gasteiger partial charge on any atom is -0.468 e. The van der Waals surface area contributed by atoms with Crippen molar-refractivity contribution in [3.05, 3.63) is 24.2 Å². The summed E-state index contributed by atoms with van der Waals surface area (Å²) in [5, 5.41) is 7.41. The summed E-state index contributed by atoms with van der Waals surface area (Å²) >= 11 is 0. The van der Waals surface area contributed by atoms with Gasteiger partial charge < -0.3 is 15.1 Å². The van der Waals surface area contributed by atoms with Gasteiger partial charge in [0.1, 0.15) is 5.76 Å². The summed E-state index contributed by atoms with van der Waals surface area (Å²) in [6.45, 7) is 5.93. The van der Waals surface area contributed by atoms with Crippen LogP contribution in [0.25, 0.3) is 0 Å². The fourth-order valence-corrected chi connectivity index (χ4v) is 5.11. The first-order valence-electron chi connectivity index (χ1n) is 10.1. The normalized spacial score (nSPS) is 26.8. The van der Waals surface area contributed by atoms with E-state index in [2.05, 4.69) is 21.6 Å². The van der Waals surface area contributed by atoms with Crippen molar-refractivity contribution < 1.29 is 4.42 Å². The lowest BCUT2D eigenvalue weighted by atomic mass is 9.67. The number of rotatable bonds is 5. The molecule has 134 valence electrons. The molecule has 1 aromatic heterocycles. The van der Waals surface area contributed by atoms with E-state index in [4.69, 9.17) is 4.42 Å². The number of likely N-dealkylation sites (tertiary alicyclic amines) is 1. The first-order valence-corrected chi connectivity index (χ1v) is 10.1. The van der Waals surface area contributed by atoms with Crippen molar-refractivity contribution in [2.24, 2.45) is 5.41 Å². The second-order valence-corrected chi connectivity index (χ2v) is 8.21. The molecule has 0 amide bonds. The molecule has 1 aromatic rings. The summed E-state index contributed by atoms with van der Waals surface area (Å²) in [7, 11) is 0. The van der Waals surface area contributed by atoms with Crippen LogP contribution < -0.4 is 10.6 Å². The molecule has 4 heteroatoms. The molecule has 0 radical (unpaired) electrons. The first kappa shape index (κ1) is 16.6. The van der Waals surface area contributed by atoms with Gasteiger partial charge in [0.25, 0.3) is 0 Å². The molecule has 0 bridgehead atoms. The maximum Gasteiger partial charge on any atom is 0.122 e. The van der Waals surface area contributed by atoms with Gasteiger partial charge in [-0.1, -0.05) is 0 Å². The molecule has 3 fully saturated rings. The minimum atomic E-state index is 0.414. The van der Waals surface area contributed by atoms with Crippen LogP contribution in [0.5, 0.6) is 0 Å². The van der Waals surface area contributed by atoms with E-state index in [0.717, 1.165) is 12.3 Å². The Bertz CT molecular complexity index is 479. The summed E-state index contributed by atoms with van der Waals surface area (Å²) in [6, 6.07) is 5.29. The summed E-state index contributed by atoms with van der Waals surface area (Å²) in [5.74, 6) is 1.13. The van der Waals surface area contributed by atoms with E-state index in [1.807, 2.05) is 12.3 Å².